The van der Waals surface area contributed by atoms with Crippen molar-refractivity contribution in [3.8, 4) is 5.75 Å². The van der Waals surface area contributed by atoms with Gasteiger partial charge in [-0.3, -0.25) is 4.79 Å². The number of nitrogens with one attached hydrogen (secondary N) is 1. The lowest BCUT2D eigenvalue weighted by Crippen LogP contribution is -2.20. The number of nitrogens with two attached hydrogens (primary N) is 1. The van der Waals surface area contributed by atoms with Gasteiger partial charge in [-0.2, -0.15) is 0 Å². The normalized spacial score (nSPS) is 18.4. The Morgan fingerprint density at radius 3 is 2.71 bits per heavy atom. The lowest BCUT2D eigenvalue weighted by atomic mass is 10.1. The molecule has 1 aromatic carbocycles. The Hall–Kier alpha value is -2.24. The zero-order valence-electron chi connectivity index (χ0n) is 9.01. The molecular weight excluding hydrogens is 224 g/mol. The molecule has 0 aromatic heterocycles. The summed E-state index contributed by atoms with van der Waals surface area (Å²) in [6.45, 7) is 0.305. The molecule has 3 N–H and O–H groups in total. The molecule has 1 aliphatic rings. The largest absolute Gasteiger partial charge is 0.484 e. The van der Waals surface area contributed by atoms with E-state index in [1.807, 2.05) is 0 Å². The monoisotopic (exact) mass is 236 g/mol. The Bertz CT molecular complexity index is 430. The van der Waals surface area contributed by atoms with Crippen molar-refractivity contribution >= 4 is 12.0 Å². The topological polar surface area (TPSA) is 90.7 Å². The highest BCUT2D eigenvalue weighted by molar-refractivity contribution is 5.75. The van der Waals surface area contributed by atoms with Crippen LogP contribution in [0.4, 0.5) is 4.79 Å². The SMILES string of the molecule is NC(=O)COc1ccc(C2CNC(=O)O2)cc1. The van der Waals surface area contributed by atoms with Crippen LogP contribution < -0.4 is 15.8 Å². The minimum atomic E-state index is -0.525. The maximum absolute atomic E-state index is 10.9. The average molecular weight is 236 g/mol. The minimum Gasteiger partial charge on any atom is -0.484 e. The molecule has 0 bridgehead atoms. The maximum Gasteiger partial charge on any atom is 0.407 e. The third kappa shape index (κ3) is 2.87. The number of hydrogen-bond acceptors (Lipinski definition) is 4. The van der Waals surface area contributed by atoms with Gasteiger partial charge in [-0.15, -0.1) is 0 Å². The fourth-order valence-electron chi connectivity index (χ4n) is 1.51. The first kappa shape index (κ1) is 11.3. The van der Waals surface area contributed by atoms with Gasteiger partial charge in [0, 0.05) is 0 Å². The van der Waals surface area contributed by atoms with E-state index < -0.39 is 12.0 Å². The standard InChI is InChI=1S/C11H12N2O4/c12-10(14)6-16-8-3-1-7(2-4-8)9-5-13-11(15)17-9/h1-4,9H,5-6H2,(H2,12,14)(H,13,15). The van der Waals surface area contributed by atoms with Crippen molar-refractivity contribution < 1.29 is 19.1 Å². The summed E-state index contributed by atoms with van der Waals surface area (Å²) in [5, 5.41) is 2.57. The second-order valence-corrected chi connectivity index (χ2v) is 3.60. The predicted octanol–water partition coefficient (Wildman–Crippen LogP) is 0.332. The molecule has 1 aromatic rings. The van der Waals surface area contributed by atoms with E-state index in [0.29, 0.717) is 12.3 Å². The molecular formula is C11H12N2O4. The second-order valence-electron chi connectivity index (χ2n) is 3.60. The summed E-state index contributed by atoms with van der Waals surface area (Å²) >= 11 is 0. The molecule has 6 nitrogen and oxygen atoms in total. The number of ether oxygens (including phenoxy) is 2. The summed E-state index contributed by atoms with van der Waals surface area (Å²) in [5.41, 5.74) is 5.83. The van der Waals surface area contributed by atoms with E-state index >= 15 is 0 Å². The van der Waals surface area contributed by atoms with Crippen molar-refractivity contribution in [3.63, 3.8) is 0 Å². The zero-order chi connectivity index (χ0) is 12.3. The van der Waals surface area contributed by atoms with Crippen LogP contribution in [0.5, 0.6) is 5.75 Å². The first-order chi connectivity index (χ1) is 8.15. The van der Waals surface area contributed by atoms with Gasteiger partial charge in [0.25, 0.3) is 5.91 Å². The van der Waals surface area contributed by atoms with Crippen molar-refractivity contribution in [1.82, 2.24) is 5.32 Å². The number of alkyl carbamates (subject to hydrolysis) is 1. The molecule has 0 saturated carbocycles. The van der Waals surface area contributed by atoms with Crippen LogP contribution in [0.3, 0.4) is 0 Å². The molecule has 6 heteroatoms. The Morgan fingerprint density at radius 1 is 1.47 bits per heavy atom. The van der Waals surface area contributed by atoms with Gasteiger partial charge in [0.1, 0.15) is 11.9 Å². The highest BCUT2D eigenvalue weighted by Gasteiger charge is 2.23. The lowest BCUT2D eigenvalue weighted by Gasteiger charge is -2.09. The van der Waals surface area contributed by atoms with Crippen LogP contribution in [0.15, 0.2) is 24.3 Å². The lowest BCUT2D eigenvalue weighted by molar-refractivity contribution is -0.119. The minimum absolute atomic E-state index is 0.153. The summed E-state index contributed by atoms with van der Waals surface area (Å²) in [5.74, 6) is 0.0211. The number of rotatable bonds is 4. The molecule has 1 unspecified atom stereocenters. The molecule has 0 aliphatic carbocycles. The van der Waals surface area contributed by atoms with E-state index in [2.05, 4.69) is 5.32 Å². The third-order valence-electron chi connectivity index (χ3n) is 2.31. The van der Waals surface area contributed by atoms with Crippen LogP contribution in [0, 0.1) is 0 Å². The first-order valence-electron chi connectivity index (χ1n) is 5.10. The van der Waals surface area contributed by atoms with E-state index in [1.54, 1.807) is 24.3 Å². The molecule has 2 amide bonds. The van der Waals surface area contributed by atoms with Gasteiger partial charge in [0.2, 0.25) is 0 Å². The Balaban J connectivity index is 1.98. The third-order valence-corrected chi connectivity index (χ3v) is 2.31. The van der Waals surface area contributed by atoms with Gasteiger partial charge in [0.05, 0.1) is 6.54 Å². The Labute approximate surface area is 97.7 Å². The van der Waals surface area contributed by atoms with Gasteiger partial charge in [0.15, 0.2) is 6.61 Å². The van der Waals surface area contributed by atoms with Crippen LogP contribution in [0.25, 0.3) is 0 Å². The van der Waals surface area contributed by atoms with Crippen LogP contribution >= 0.6 is 0 Å². The molecule has 1 fully saturated rings. The number of carbonyl (C=O) groups is 2. The number of hydrogen-bond donors (Lipinski definition) is 2. The molecule has 2 rings (SSSR count). The molecule has 1 atom stereocenters. The highest BCUT2D eigenvalue weighted by Crippen LogP contribution is 2.22. The first-order valence-corrected chi connectivity index (χ1v) is 5.10. The summed E-state index contributed by atoms with van der Waals surface area (Å²) in [4.78, 5) is 21.4. The average Bonchev–Trinajstić information content (AvgIpc) is 2.74. The smallest absolute Gasteiger partial charge is 0.407 e. The van der Waals surface area contributed by atoms with Crippen molar-refractivity contribution in [2.45, 2.75) is 6.10 Å². The molecule has 1 heterocycles. The van der Waals surface area contributed by atoms with Crippen molar-refractivity contribution in [2.24, 2.45) is 5.73 Å². The van der Waals surface area contributed by atoms with Gasteiger partial charge in [-0.25, -0.2) is 4.79 Å². The summed E-state index contributed by atoms with van der Waals surface area (Å²) in [7, 11) is 0. The highest BCUT2D eigenvalue weighted by atomic mass is 16.6. The quantitative estimate of drug-likeness (QED) is 0.788. The molecule has 1 aliphatic heterocycles. The maximum atomic E-state index is 10.9. The van der Waals surface area contributed by atoms with Gasteiger partial charge >= 0.3 is 6.09 Å². The van der Waals surface area contributed by atoms with E-state index in [0.717, 1.165) is 5.56 Å². The number of amides is 2. The van der Waals surface area contributed by atoms with E-state index in [4.69, 9.17) is 15.2 Å². The fourth-order valence-corrected chi connectivity index (χ4v) is 1.51. The number of cyclic esters (lactones) is 1. The molecule has 1 saturated heterocycles. The second kappa shape index (κ2) is 4.73. The number of carbonyl (C=O) groups excluding carboxylic acids is 2. The van der Waals surface area contributed by atoms with Crippen LogP contribution in [0.2, 0.25) is 0 Å². The van der Waals surface area contributed by atoms with E-state index in [9.17, 15) is 9.59 Å². The molecule has 17 heavy (non-hydrogen) atoms. The van der Waals surface area contributed by atoms with E-state index in [1.165, 1.54) is 0 Å². The van der Waals surface area contributed by atoms with Crippen molar-refractivity contribution in [3.05, 3.63) is 29.8 Å². The summed E-state index contributed by atoms with van der Waals surface area (Å²) < 4.78 is 10.1. The molecule has 0 radical (unpaired) electrons. The van der Waals surface area contributed by atoms with Gasteiger partial charge < -0.3 is 20.5 Å². The molecule has 0 spiro atoms. The predicted molar refractivity (Wildman–Crippen MR) is 58.4 cm³/mol. The number of primary amides is 1. The Kier molecular flexibility index (Phi) is 3.13. The van der Waals surface area contributed by atoms with Gasteiger partial charge in [-0.1, -0.05) is 12.1 Å². The van der Waals surface area contributed by atoms with Crippen molar-refractivity contribution in [1.29, 1.82) is 0 Å². The van der Waals surface area contributed by atoms with Crippen molar-refractivity contribution in [2.75, 3.05) is 13.2 Å². The number of benzene rings is 1. The Morgan fingerprint density at radius 2 is 2.18 bits per heavy atom. The zero-order valence-corrected chi connectivity index (χ0v) is 9.01. The van der Waals surface area contributed by atoms with Crippen LogP contribution in [0.1, 0.15) is 11.7 Å². The molecule has 90 valence electrons. The fraction of sp³-hybridized carbons (Fsp3) is 0.273. The summed E-state index contributed by atoms with van der Waals surface area (Å²) in [6, 6.07) is 6.96. The van der Waals surface area contributed by atoms with E-state index in [-0.39, 0.29) is 12.7 Å². The summed E-state index contributed by atoms with van der Waals surface area (Å²) in [6.07, 6.45) is -0.684. The van der Waals surface area contributed by atoms with Crippen LogP contribution in [-0.4, -0.2) is 25.2 Å². The van der Waals surface area contributed by atoms with Gasteiger partial charge in [-0.05, 0) is 17.7 Å². The van der Waals surface area contributed by atoms with Crippen LogP contribution in [-0.2, 0) is 9.53 Å².